The Hall–Kier alpha value is -2.77. The molecular formula is C18H20F2N4O2. The molecule has 26 heavy (non-hydrogen) atoms. The first kappa shape index (κ1) is 18.0. The van der Waals surface area contributed by atoms with Gasteiger partial charge in [-0.2, -0.15) is 5.10 Å². The van der Waals surface area contributed by atoms with Gasteiger partial charge in [0, 0.05) is 13.1 Å². The molecular weight excluding hydrogens is 342 g/mol. The second-order valence-corrected chi connectivity index (χ2v) is 6.63. The highest BCUT2D eigenvalue weighted by molar-refractivity contribution is 5.95. The molecule has 1 aromatic heterocycles. The van der Waals surface area contributed by atoms with Crippen LogP contribution in [0.4, 0.5) is 8.78 Å². The highest BCUT2D eigenvalue weighted by Crippen LogP contribution is 2.49. The van der Waals surface area contributed by atoms with Crippen molar-refractivity contribution in [2.75, 3.05) is 0 Å². The summed E-state index contributed by atoms with van der Waals surface area (Å²) in [6.45, 7) is 3.99. The van der Waals surface area contributed by atoms with Gasteiger partial charge >= 0.3 is 5.97 Å². The maximum Gasteiger partial charge on any atom is 0.385 e. The quantitative estimate of drug-likeness (QED) is 0.383. The third kappa shape index (κ3) is 3.18. The van der Waals surface area contributed by atoms with E-state index in [1.165, 1.54) is 7.05 Å². The Balaban J connectivity index is 1.79. The summed E-state index contributed by atoms with van der Waals surface area (Å²) in [7, 11) is 1.33. The first-order valence-electron chi connectivity index (χ1n) is 8.20. The van der Waals surface area contributed by atoms with Crippen LogP contribution in [0.3, 0.4) is 0 Å². The largest absolute Gasteiger partial charge is 0.385 e. The van der Waals surface area contributed by atoms with Crippen molar-refractivity contribution in [3.8, 4) is 0 Å². The number of carbonyl (C=O) groups excluding carboxylic acids is 1. The van der Waals surface area contributed by atoms with Gasteiger partial charge in [-0.05, 0) is 37.8 Å². The van der Waals surface area contributed by atoms with Gasteiger partial charge in [0.15, 0.2) is 11.5 Å². The molecule has 1 aliphatic carbocycles. The molecule has 8 heteroatoms. The average molecular weight is 362 g/mol. The second-order valence-electron chi connectivity index (χ2n) is 6.63. The van der Waals surface area contributed by atoms with Crippen LogP contribution in [0.25, 0.3) is 0 Å². The minimum atomic E-state index is -2.73. The molecule has 2 aromatic rings. The molecule has 0 radical (unpaired) electrons. The van der Waals surface area contributed by atoms with E-state index in [2.05, 4.69) is 16.3 Å². The zero-order valence-corrected chi connectivity index (χ0v) is 14.8. The first-order valence-corrected chi connectivity index (χ1v) is 8.20. The van der Waals surface area contributed by atoms with Crippen molar-refractivity contribution < 1.29 is 18.4 Å². The van der Waals surface area contributed by atoms with E-state index in [0.29, 0.717) is 0 Å². The fraction of sp³-hybridized carbons (Fsp3) is 0.389. The van der Waals surface area contributed by atoms with Crippen LogP contribution < -0.4 is 5.73 Å². The number of rotatable bonds is 5. The van der Waals surface area contributed by atoms with Crippen molar-refractivity contribution in [1.82, 2.24) is 9.78 Å². The number of hydrogen-bond acceptors (Lipinski definition) is 4. The maximum atomic E-state index is 12.8. The molecule has 1 aromatic carbocycles. The number of aryl methyl sites for hydroxylation is 3. The van der Waals surface area contributed by atoms with E-state index < -0.39 is 17.8 Å². The lowest BCUT2D eigenvalue weighted by Gasteiger charge is -2.17. The predicted molar refractivity (Wildman–Crippen MR) is 92.0 cm³/mol. The van der Waals surface area contributed by atoms with Crippen LogP contribution in [0, 0.1) is 13.8 Å². The fourth-order valence-corrected chi connectivity index (χ4v) is 3.05. The SMILES string of the molecule is Cc1ccc(C)c(C2(/C(N)=N/OC(=O)c3cc(C(F)F)n(C)n3)CC2)c1. The molecule has 2 N–H and O–H groups in total. The molecule has 0 bridgehead atoms. The molecule has 6 nitrogen and oxygen atoms in total. The van der Waals surface area contributed by atoms with Gasteiger partial charge in [0.2, 0.25) is 0 Å². The van der Waals surface area contributed by atoms with E-state index in [9.17, 15) is 13.6 Å². The molecule has 0 amide bonds. The van der Waals surface area contributed by atoms with Gasteiger partial charge in [-0.25, -0.2) is 13.6 Å². The van der Waals surface area contributed by atoms with Gasteiger partial charge in [-0.3, -0.25) is 4.68 Å². The first-order chi connectivity index (χ1) is 12.2. The summed E-state index contributed by atoms with van der Waals surface area (Å²) in [5.74, 6) is -0.725. The lowest BCUT2D eigenvalue weighted by atomic mass is 9.89. The summed E-state index contributed by atoms with van der Waals surface area (Å²) in [6.07, 6.45) is -1.12. The Morgan fingerprint density at radius 1 is 1.35 bits per heavy atom. The third-order valence-electron chi connectivity index (χ3n) is 4.72. The monoisotopic (exact) mass is 362 g/mol. The van der Waals surface area contributed by atoms with Crippen molar-refractivity contribution in [3.63, 3.8) is 0 Å². The number of alkyl halides is 2. The topological polar surface area (TPSA) is 82.5 Å². The average Bonchev–Trinajstić information content (AvgIpc) is 3.30. The molecule has 1 heterocycles. The number of hydrogen-bond donors (Lipinski definition) is 1. The Bertz CT molecular complexity index is 885. The van der Waals surface area contributed by atoms with E-state index in [1.807, 2.05) is 26.0 Å². The molecule has 1 saturated carbocycles. The maximum absolute atomic E-state index is 12.8. The summed E-state index contributed by atoms with van der Waals surface area (Å²) in [5, 5.41) is 7.50. The van der Waals surface area contributed by atoms with Crippen LogP contribution >= 0.6 is 0 Å². The Kier molecular flexibility index (Phi) is 4.52. The van der Waals surface area contributed by atoms with Crippen molar-refractivity contribution in [2.24, 2.45) is 17.9 Å². The summed E-state index contributed by atoms with van der Waals surface area (Å²) in [4.78, 5) is 16.9. The summed E-state index contributed by atoms with van der Waals surface area (Å²) in [6, 6.07) is 7.07. The minimum Gasteiger partial charge on any atom is -0.384 e. The van der Waals surface area contributed by atoms with Gasteiger partial charge in [-0.15, -0.1) is 0 Å². The van der Waals surface area contributed by atoms with Gasteiger partial charge in [-0.1, -0.05) is 28.9 Å². The summed E-state index contributed by atoms with van der Waals surface area (Å²) in [5.41, 5.74) is 8.31. The summed E-state index contributed by atoms with van der Waals surface area (Å²) < 4.78 is 26.5. The molecule has 0 atom stereocenters. The van der Waals surface area contributed by atoms with Crippen molar-refractivity contribution in [2.45, 2.75) is 38.5 Å². The number of nitrogens with two attached hydrogens (primary N) is 1. The van der Waals surface area contributed by atoms with Crippen LogP contribution in [0.5, 0.6) is 0 Å². The standard InChI is InChI=1S/C18H20F2N4O2/c1-10-4-5-11(2)12(8-10)18(6-7-18)17(21)23-26-16(25)13-9-14(15(19)20)24(3)22-13/h4-5,8-9,15H,6-7H2,1-3H3,(H2,21,23). The molecule has 1 fully saturated rings. The lowest BCUT2D eigenvalue weighted by Crippen LogP contribution is -2.30. The number of oxime groups is 1. The lowest BCUT2D eigenvalue weighted by molar-refractivity contribution is 0.0506. The zero-order valence-electron chi connectivity index (χ0n) is 14.8. The van der Waals surface area contributed by atoms with Gasteiger partial charge < -0.3 is 10.6 Å². The van der Waals surface area contributed by atoms with Gasteiger partial charge in [0.1, 0.15) is 5.69 Å². The normalized spacial score (nSPS) is 16.0. The molecule has 0 unspecified atom stereocenters. The van der Waals surface area contributed by atoms with Crippen LogP contribution in [-0.2, 0) is 17.3 Å². The minimum absolute atomic E-state index is 0.199. The number of aromatic nitrogens is 2. The smallest absolute Gasteiger partial charge is 0.384 e. The van der Waals surface area contributed by atoms with E-state index in [0.717, 1.165) is 40.3 Å². The Morgan fingerprint density at radius 2 is 2.04 bits per heavy atom. The van der Waals surface area contributed by atoms with Crippen molar-refractivity contribution in [1.29, 1.82) is 0 Å². The number of carbonyl (C=O) groups is 1. The zero-order chi connectivity index (χ0) is 19.1. The molecule has 0 aliphatic heterocycles. The number of halogens is 2. The Labute approximate surface area is 149 Å². The van der Waals surface area contributed by atoms with Gasteiger partial charge in [0.05, 0.1) is 5.41 Å². The van der Waals surface area contributed by atoms with Crippen molar-refractivity contribution in [3.05, 3.63) is 52.3 Å². The number of amidine groups is 1. The summed E-state index contributed by atoms with van der Waals surface area (Å²) >= 11 is 0. The highest BCUT2D eigenvalue weighted by atomic mass is 19.3. The highest BCUT2D eigenvalue weighted by Gasteiger charge is 2.49. The fourth-order valence-electron chi connectivity index (χ4n) is 3.05. The van der Waals surface area contributed by atoms with Crippen LogP contribution in [0.15, 0.2) is 29.4 Å². The van der Waals surface area contributed by atoms with Crippen LogP contribution in [0.1, 0.15) is 52.1 Å². The number of nitrogens with zero attached hydrogens (tertiary/aromatic N) is 3. The predicted octanol–water partition coefficient (Wildman–Crippen LogP) is 3.14. The Morgan fingerprint density at radius 3 is 2.62 bits per heavy atom. The van der Waals surface area contributed by atoms with Crippen molar-refractivity contribution >= 4 is 11.8 Å². The molecule has 1 aliphatic rings. The van der Waals surface area contributed by atoms with Crippen LogP contribution in [-0.4, -0.2) is 21.6 Å². The van der Waals surface area contributed by atoms with Gasteiger partial charge in [0.25, 0.3) is 6.43 Å². The van der Waals surface area contributed by atoms with E-state index in [4.69, 9.17) is 10.6 Å². The molecule has 0 saturated heterocycles. The second kappa shape index (κ2) is 6.51. The molecule has 3 rings (SSSR count). The number of benzene rings is 1. The third-order valence-corrected chi connectivity index (χ3v) is 4.72. The molecule has 138 valence electrons. The van der Waals surface area contributed by atoms with E-state index >= 15 is 0 Å². The van der Waals surface area contributed by atoms with E-state index in [1.54, 1.807) is 0 Å². The molecule has 0 spiro atoms. The van der Waals surface area contributed by atoms with E-state index in [-0.39, 0.29) is 17.2 Å². The van der Waals surface area contributed by atoms with Crippen LogP contribution in [0.2, 0.25) is 0 Å².